The fourth-order valence-electron chi connectivity index (χ4n) is 2.83. The molecule has 0 spiro atoms. The van der Waals surface area contributed by atoms with Crippen LogP contribution in [0.25, 0.3) is 0 Å². The highest BCUT2D eigenvalue weighted by molar-refractivity contribution is 5.89. The summed E-state index contributed by atoms with van der Waals surface area (Å²) in [5, 5.41) is 2.95. The lowest BCUT2D eigenvalue weighted by molar-refractivity contribution is -0.00521. The Labute approximate surface area is 139 Å². The van der Waals surface area contributed by atoms with Gasteiger partial charge in [-0.25, -0.2) is 4.79 Å². The number of carbonyl (C=O) groups is 1. The van der Waals surface area contributed by atoms with Crippen LogP contribution >= 0.6 is 0 Å². The maximum absolute atomic E-state index is 12.2. The molecule has 5 heteroatoms. The normalized spacial score (nSPS) is 22.6. The van der Waals surface area contributed by atoms with Gasteiger partial charge in [0.05, 0.1) is 12.2 Å². The molecule has 23 heavy (non-hydrogen) atoms. The highest BCUT2D eigenvalue weighted by Gasteiger charge is 2.22. The van der Waals surface area contributed by atoms with Gasteiger partial charge in [0.1, 0.15) is 0 Å². The van der Waals surface area contributed by atoms with Gasteiger partial charge in [-0.2, -0.15) is 0 Å². The van der Waals surface area contributed by atoms with E-state index in [0.29, 0.717) is 0 Å². The van der Waals surface area contributed by atoms with Gasteiger partial charge in [0.15, 0.2) is 0 Å². The van der Waals surface area contributed by atoms with E-state index in [4.69, 9.17) is 4.74 Å². The molecule has 0 bridgehead atoms. The molecule has 0 aromatic heterocycles. The molecule has 5 nitrogen and oxygen atoms in total. The second-order valence-corrected chi connectivity index (χ2v) is 6.51. The lowest BCUT2D eigenvalue weighted by atomic mass is 10.2. The Kier molecular flexibility index (Phi) is 5.88. The number of amides is 2. The van der Waals surface area contributed by atoms with Crippen LogP contribution in [0.3, 0.4) is 0 Å². The molecule has 3 atom stereocenters. The van der Waals surface area contributed by atoms with E-state index in [1.165, 1.54) is 5.69 Å². The number of nitrogens with one attached hydrogen (secondary N) is 1. The summed E-state index contributed by atoms with van der Waals surface area (Å²) in [5.41, 5.74) is 1.99. The fourth-order valence-corrected chi connectivity index (χ4v) is 2.83. The van der Waals surface area contributed by atoms with Crippen molar-refractivity contribution >= 4 is 17.4 Å². The monoisotopic (exact) mass is 319 g/mol. The number of hydrogen-bond donors (Lipinski definition) is 1. The Hall–Kier alpha value is -1.75. The third-order valence-corrected chi connectivity index (χ3v) is 4.48. The first-order valence-corrected chi connectivity index (χ1v) is 8.45. The average Bonchev–Trinajstić information content (AvgIpc) is 2.53. The van der Waals surface area contributed by atoms with Gasteiger partial charge in [-0.3, -0.25) is 0 Å². The van der Waals surface area contributed by atoms with Crippen molar-refractivity contribution in [3.8, 4) is 0 Å². The van der Waals surface area contributed by atoms with E-state index >= 15 is 0 Å². The van der Waals surface area contributed by atoms with Crippen molar-refractivity contribution in [2.75, 3.05) is 30.4 Å². The SMILES string of the molecule is CC[C@H](C)N(C)C(=O)Nc1ccc(N2C[C@@H](C)O[C@@H](C)C2)cc1. The van der Waals surface area contributed by atoms with E-state index in [2.05, 4.69) is 43.1 Å². The first-order chi connectivity index (χ1) is 10.9. The van der Waals surface area contributed by atoms with Gasteiger partial charge in [0, 0.05) is 37.6 Å². The number of benzene rings is 1. The second-order valence-electron chi connectivity index (χ2n) is 6.51. The van der Waals surface area contributed by atoms with Crippen molar-refractivity contribution in [2.24, 2.45) is 0 Å². The highest BCUT2D eigenvalue weighted by atomic mass is 16.5. The fraction of sp³-hybridized carbons (Fsp3) is 0.611. The van der Waals surface area contributed by atoms with Gasteiger partial charge < -0.3 is 19.9 Å². The van der Waals surface area contributed by atoms with E-state index in [0.717, 1.165) is 25.2 Å². The van der Waals surface area contributed by atoms with Crippen molar-refractivity contribution in [3.63, 3.8) is 0 Å². The number of nitrogens with zero attached hydrogens (tertiary/aromatic N) is 2. The molecule has 1 fully saturated rings. The first-order valence-electron chi connectivity index (χ1n) is 8.45. The van der Waals surface area contributed by atoms with Gasteiger partial charge in [-0.15, -0.1) is 0 Å². The van der Waals surface area contributed by atoms with Crippen molar-refractivity contribution in [2.45, 2.75) is 52.4 Å². The number of anilines is 2. The minimum atomic E-state index is -0.0688. The molecule has 0 unspecified atom stereocenters. The molecule has 1 saturated heterocycles. The van der Waals surface area contributed by atoms with E-state index in [-0.39, 0.29) is 24.3 Å². The lowest BCUT2D eigenvalue weighted by Crippen LogP contribution is -2.45. The molecule has 1 aliphatic rings. The Morgan fingerprint density at radius 1 is 1.30 bits per heavy atom. The zero-order valence-electron chi connectivity index (χ0n) is 14.9. The largest absolute Gasteiger partial charge is 0.372 e. The number of urea groups is 1. The number of ether oxygens (including phenoxy) is 1. The molecule has 128 valence electrons. The summed E-state index contributed by atoms with van der Waals surface area (Å²) in [6, 6.07) is 8.20. The molecule has 1 heterocycles. The number of hydrogen-bond acceptors (Lipinski definition) is 3. The topological polar surface area (TPSA) is 44.8 Å². The molecule has 0 aliphatic carbocycles. The molecule has 2 rings (SSSR count). The number of rotatable bonds is 4. The van der Waals surface area contributed by atoms with Crippen LogP contribution in [0.2, 0.25) is 0 Å². The van der Waals surface area contributed by atoms with E-state index in [1.807, 2.05) is 26.1 Å². The Balaban J connectivity index is 1.98. The van der Waals surface area contributed by atoms with Crippen LogP contribution in [0.5, 0.6) is 0 Å². The van der Waals surface area contributed by atoms with Crippen LogP contribution in [-0.4, -0.2) is 49.3 Å². The summed E-state index contributed by atoms with van der Waals surface area (Å²) in [5.74, 6) is 0. The van der Waals surface area contributed by atoms with Crippen LogP contribution in [0.15, 0.2) is 24.3 Å². The Morgan fingerprint density at radius 2 is 1.87 bits per heavy atom. The van der Waals surface area contributed by atoms with Crippen LogP contribution in [0.4, 0.5) is 16.2 Å². The molecular weight excluding hydrogens is 290 g/mol. The first kappa shape index (κ1) is 17.6. The minimum Gasteiger partial charge on any atom is -0.372 e. The predicted octanol–water partition coefficient (Wildman–Crippen LogP) is 3.56. The van der Waals surface area contributed by atoms with Crippen LogP contribution in [0.1, 0.15) is 34.1 Å². The third-order valence-electron chi connectivity index (χ3n) is 4.48. The van der Waals surface area contributed by atoms with Gasteiger partial charge in [0.25, 0.3) is 0 Å². The molecule has 0 radical (unpaired) electrons. The maximum atomic E-state index is 12.2. The summed E-state index contributed by atoms with van der Waals surface area (Å²) in [7, 11) is 1.83. The van der Waals surface area contributed by atoms with Crippen molar-refractivity contribution in [1.29, 1.82) is 0 Å². The minimum absolute atomic E-state index is 0.0688. The molecule has 1 aromatic carbocycles. The average molecular weight is 319 g/mol. The Bertz CT molecular complexity index is 508. The summed E-state index contributed by atoms with van der Waals surface area (Å²) >= 11 is 0. The summed E-state index contributed by atoms with van der Waals surface area (Å²) in [6.07, 6.45) is 1.42. The quantitative estimate of drug-likeness (QED) is 0.923. The highest BCUT2D eigenvalue weighted by Crippen LogP contribution is 2.22. The summed E-state index contributed by atoms with van der Waals surface area (Å²) < 4.78 is 5.77. The van der Waals surface area contributed by atoms with E-state index in [1.54, 1.807) is 4.90 Å². The standard InChI is InChI=1S/C18H29N3O2/c1-6-13(2)20(5)18(22)19-16-7-9-17(10-8-16)21-11-14(3)23-15(4)12-21/h7-10,13-15H,6,11-12H2,1-5H3,(H,19,22)/t13-,14-,15+/m0/s1. The van der Waals surface area contributed by atoms with Crippen molar-refractivity contribution < 1.29 is 9.53 Å². The van der Waals surface area contributed by atoms with Gasteiger partial charge in [-0.05, 0) is 51.5 Å². The lowest BCUT2D eigenvalue weighted by Gasteiger charge is -2.36. The zero-order chi connectivity index (χ0) is 17.0. The summed E-state index contributed by atoms with van der Waals surface area (Å²) in [4.78, 5) is 16.2. The van der Waals surface area contributed by atoms with Gasteiger partial charge in [0.2, 0.25) is 0 Å². The summed E-state index contributed by atoms with van der Waals surface area (Å²) in [6.45, 7) is 10.1. The smallest absolute Gasteiger partial charge is 0.321 e. The molecule has 0 saturated carbocycles. The van der Waals surface area contributed by atoms with Crippen LogP contribution in [0, 0.1) is 0 Å². The molecule has 2 amide bonds. The van der Waals surface area contributed by atoms with Gasteiger partial charge in [-0.1, -0.05) is 6.92 Å². The maximum Gasteiger partial charge on any atom is 0.321 e. The predicted molar refractivity (Wildman–Crippen MR) is 95.2 cm³/mol. The molecule has 1 N–H and O–H groups in total. The van der Waals surface area contributed by atoms with Crippen LogP contribution in [-0.2, 0) is 4.74 Å². The van der Waals surface area contributed by atoms with Crippen LogP contribution < -0.4 is 10.2 Å². The number of morpholine rings is 1. The zero-order valence-corrected chi connectivity index (χ0v) is 14.9. The van der Waals surface area contributed by atoms with E-state index in [9.17, 15) is 4.79 Å². The third kappa shape index (κ3) is 4.61. The Morgan fingerprint density at radius 3 is 2.39 bits per heavy atom. The molecule has 1 aliphatic heterocycles. The van der Waals surface area contributed by atoms with Crippen molar-refractivity contribution in [3.05, 3.63) is 24.3 Å². The molecular formula is C18H29N3O2. The van der Waals surface area contributed by atoms with Crippen molar-refractivity contribution in [1.82, 2.24) is 4.90 Å². The van der Waals surface area contributed by atoms with Gasteiger partial charge >= 0.3 is 6.03 Å². The second kappa shape index (κ2) is 7.68. The molecule has 1 aromatic rings. The van der Waals surface area contributed by atoms with E-state index < -0.39 is 0 Å². The number of carbonyl (C=O) groups excluding carboxylic acids is 1.